The van der Waals surface area contributed by atoms with Gasteiger partial charge in [0.1, 0.15) is 10.7 Å². The maximum atomic E-state index is 12.7. The maximum Gasteiger partial charge on any atom is 0.259 e. The third kappa shape index (κ3) is 3.56. The number of thioether (sulfide) groups is 1. The van der Waals surface area contributed by atoms with E-state index in [-0.39, 0.29) is 10.8 Å². The summed E-state index contributed by atoms with van der Waals surface area (Å²) in [4.78, 5) is 24.8. The van der Waals surface area contributed by atoms with Gasteiger partial charge < -0.3 is 9.88 Å². The lowest BCUT2D eigenvalue weighted by Crippen LogP contribution is -2.34. The minimum absolute atomic E-state index is 0.0132. The van der Waals surface area contributed by atoms with Crippen LogP contribution in [0.2, 0.25) is 0 Å². The second-order valence-electron chi connectivity index (χ2n) is 8.73. The summed E-state index contributed by atoms with van der Waals surface area (Å²) in [5.41, 5.74) is 0.987. The Kier molecular flexibility index (Phi) is 5.13. The summed E-state index contributed by atoms with van der Waals surface area (Å²) in [5, 5.41) is 10.8. The minimum atomic E-state index is -0.0453. The van der Waals surface area contributed by atoms with Crippen LogP contribution in [-0.2, 0) is 0 Å². The van der Waals surface area contributed by atoms with Gasteiger partial charge in [0.05, 0.1) is 10.6 Å². The molecule has 0 aromatic carbocycles. The predicted octanol–water partition coefficient (Wildman–Crippen LogP) is 4.62. The Morgan fingerprint density at radius 2 is 1.90 bits per heavy atom. The van der Waals surface area contributed by atoms with Crippen molar-refractivity contribution in [3.8, 4) is 0 Å². The number of nitrogens with zero attached hydrogens (tertiary/aromatic N) is 5. The molecule has 2 aliphatic rings. The number of rotatable bonds is 5. The quantitative estimate of drug-likeness (QED) is 0.579. The van der Waals surface area contributed by atoms with Crippen molar-refractivity contribution in [2.45, 2.75) is 69.8 Å². The second-order valence-corrected chi connectivity index (χ2v) is 11.2. The first-order chi connectivity index (χ1) is 14.4. The highest BCUT2D eigenvalue weighted by Gasteiger charge is 2.33. The Morgan fingerprint density at radius 1 is 1.17 bits per heavy atom. The Hall–Kier alpha value is -1.87. The average molecular weight is 445 g/mol. The molecule has 5 rings (SSSR count). The van der Waals surface area contributed by atoms with Gasteiger partial charge in [-0.25, -0.2) is 4.98 Å². The van der Waals surface area contributed by atoms with Crippen molar-refractivity contribution in [1.82, 2.24) is 24.7 Å². The van der Waals surface area contributed by atoms with Crippen molar-refractivity contribution in [2.24, 2.45) is 5.92 Å². The van der Waals surface area contributed by atoms with E-state index in [1.165, 1.54) is 25.7 Å². The largest absolute Gasteiger partial charge is 0.341 e. The average Bonchev–Trinajstić information content (AvgIpc) is 3.40. The molecule has 3 aromatic heterocycles. The van der Waals surface area contributed by atoms with E-state index in [0.29, 0.717) is 11.9 Å². The Bertz CT molecular complexity index is 1140. The Morgan fingerprint density at radius 3 is 2.60 bits per heavy atom. The van der Waals surface area contributed by atoms with E-state index in [0.717, 1.165) is 50.8 Å². The summed E-state index contributed by atoms with van der Waals surface area (Å²) < 4.78 is 2.33. The molecule has 1 unspecified atom stereocenters. The smallest absolute Gasteiger partial charge is 0.259 e. The van der Waals surface area contributed by atoms with Gasteiger partial charge in [0.15, 0.2) is 5.16 Å². The molecular weight excluding hydrogens is 416 g/mol. The van der Waals surface area contributed by atoms with E-state index in [1.807, 2.05) is 13.8 Å². The molecule has 160 valence electrons. The summed E-state index contributed by atoms with van der Waals surface area (Å²) in [6.45, 7) is 10.5. The van der Waals surface area contributed by atoms with Crippen molar-refractivity contribution in [3.05, 3.63) is 26.6 Å². The lowest BCUT2D eigenvalue weighted by atomic mass is 10.00. The summed E-state index contributed by atoms with van der Waals surface area (Å²) in [5.74, 6) is 2.51. The van der Waals surface area contributed by atoms with Crippen LogP contribution in [0.25, 0.3) is 10.2 Å². The van der Waals surface area contributed by atoms with E-state index < -0.39 is 0 Å². The predicted molar refractivity (Wildman–Crippen MR) is 123 cm³/mol. The zero-order valence-corrected chi connectivity index (χ0v) is 19.6. The second kappa shape index (κ2) is 7.67. The molecule has 1 aliphatic carbocycles. The first-order valence-electron chi connectivity index (χ1n) is 10.8. The summed E-state index contributed by atoms with van der Waals surface area (Å²) >= 11 is 3.23. The zero-order chi connectivity index (χ0) is 21.0. The number of hydrogen-bond donors (Lipinski definition) is 1. The minimum Gasteiger partial charge on any atom is -0.341 e. The van der Waals surface area contributed by atoms with E-state index >= 15 is 0 Å². The van der Waals surface area contributed by atoms with Crippen LogP contribution in [-0.4, -0.2) is 37.8 Å². The molecule has 1 saturated carbocycles. The highest BCUT2D eigenvalue weighted by molar-refractivity contribution is 7.99. The van der Waals surface area contributed by atoms with Gasteiger partial charge in [-0.15, -0.1) is 21.5 Å². The molecule has 1 aliphatic heterocycles. The van der Waals surface area contributed by atoms with Crippen molar-refractivity contribution in [2.75, 3.05) is 18.0 Å². The lowest BCUT2D eigenvalue weighted by molar-refractivity contribution is 0.429. The Balaban J connectivity index is 1.43. The Labute approximate surface area is 184 Å². The van der Waals surface area contributed by atoms with Crippen LogP contribution < -0.4 is 10.5 Å². The molecule has 0 amide bonds. The monoisotopic (exact) mass is 444 g/mol. The lowest BCUT2D eigenvalue weighted by Gasteiger charge is -2.31. The highest BCUT2D eigenvalue weighted by Crippen LogP contribution is 2.44. The van der Waals surface area contributed by atoms with Gasteiger partial charge >= 0.3 is 0 Å². The molecule has 1 saturated heterocycles. The third-order valence-corrected chi connectivity index (χ3v) is 8.52. The van der Waals surface area contributed by atoms with Gasteiger partial charge in [-0.2, -0.15) is 0 Å². The van der Waals surface area contributed by atoms with Gasteiger partial charge in [0.25, 0.3) is 5.56 Å². The normalized spacial score (nSPS) is 19.0. The number of thiophene rings is 1. The van der Waals surface area contributed by atoms with Crippen LogP contribution in [0.3, 0.4) is 0 Å². The molecular formula is C21H28N6OS2. The van der Waals surface area contributed by atoms with E-state index in [9.17, 15) is 4.79 Å². The number of nitrogens with one attached hydrogen (secondary N) is 1. The molecule has 9 heteroatoms. The molecule has 7 nitrogen and oxygen atoms in total. The number of hydrogen-bond acceptors (Lipinski definition) is 7. The van der Waals surface area contributed by atoms with Crippen LogP contribution in [0.5, 0.6) is 0 Å². The van der Waals surface area contributed by atoms with E-state index in [2.05, 4.69) is 38.5 Å². The molecule has 3 aromatic rings. The van der Waals surface area contributed by atoms with Gasteiger partial charge in [-0.1, -0.05) is 18.7 Å². The molecule has 1 N–H and O–H groups in total. The fraction of sp³-hybridized carbons (Fsp3) is 0.619. The number of fused-ring (bicyclic) bond motifs is 1. The molecule has 0 spiro atoms. The molecule has 1 atom stereocenters. The number of anilines is 1. The molecule has 0 radical (unpaired) electrons. The van der Waals surface area contributed by atoms with E-state index in [4.69, 9.17) is 4.98 Å². The van der Waals surface area contributed by atoms with Gasteiger partial charge in [0.2, 0.25) is 5.95 Å². The number of aromatic amines is 1. The molecule has 4 heterocycles. The van der Waals surface area contributed by atoms with E-state index in [1.54, 1.807) is 23.1 Å². The molecule has 0 bridgehead atoms. The summed E-state index contributed by atoms with van der Waals surface area (Å²) in [6, 6.07) is 0.501. The zero-order valence-electron chi connectivity index (χ0n) is 17.9. The van der Waals surface area contributed by atoms with Crippen molar-refractivity contribution < 1.29 is 0 Å². The fourth-order valence-electron chi connectivity index (χ4n) is 4.10. The van der Waals surface area contributed by atoms with Crippen molar-refractivity contribution in [1.29, 1.82) is 0 Å². The van der Waals surface area contributed by atoms with Crippen LogP contribution in [0.1, 0.15) is 67.1 Å². The topological polar surface area (TPSA) is 79.7 Å². The summed E-state index contributed by atoms with van der Waals surface area (Å²) in [7, 11) is 0. The molecule has 2 fully saturated rings. The van der Waals surface area contributed by atoms with Crippen LogP contribution in [0, 0.1) is 19.8 Å². The van der Waals surface area contributed by atoms with Crippen LogP contribution >= 0.6 is 23.1 Å². The first kappa shape index (κ1) is 20.1. The van der Waals surface area contributed by atoms with Gasteiger partial charge in [-0.05, 0) is 57.9 Å². The number of aryl methyl sites for hydroxylation is 2. The van der Waals surface area contributed by atoms with Crippen molar-refractivity contribution >= 4 is 39.3 Å². The highest BCUT2D eigenvalue weighted by atomic mass is 32.2. The maximum absolute atomic E-state index is 12.7. The van der Waals surface area contributed by atoms with Gasteiger partial charge in [0, 0.05) is 24.0 Å². The SMILES string of the molecule is Cc1sc2nc(C(C)Sc3nnc(N4CCC(C)CC4)n3C3CC3)[nH]c(=O)c2c1C. The number of H-pyrrole nitrogens is 1. The van der Waals surface area contributed by atoms with Crippen LogP contribution in [0.15, 0.2) is 9.95 Å². The fourth-order valence-corrected chi connectivity index (χ4v) is 6.11. The van der Waals surface area contributed by atoms with Crippen LogP contribution in [0.4, 0.5) is 5.95 Å². The third-order valence-electron chi connectivity index (χ3n) is 6.35. The summed E-state index contributed by atoms with van der Waals surface area (Å²) in [6.07, 6.45) is 4.79. The standard InChI is InChI=1S/C21H28N6OS2/c1-11-7-9-26(10-8-11)20-24-25-21(27(20)15-5-6-15)30-14(4)17-22-18(28)16-12(2)13(3)29-19(16)23-17/h11,14-15H,5-10H2,1-4H3,(H,22,23,28). The molecule has 30 heavy (non-hydrogen) atoms. The van der Waals surface area contributed by atoms with Crippen molar-refractivity contribution in [3.63, 3.8) is 0 Å². The van der Waals surface area contributed by atoms with Gasteiger partial charge in [-0.3, -0.25) is 9.36 Å². The number of aromatic nitrogens is 5. The first-order valence-corrected chi connectivity index (χ1v) is 12.5. The number of piperidine rings is 1.